The first-order valence-corrected chi connectivity index (χ1v) is 6.23. The highest BCUT2D eigenvalue weighted by Crippen LogP contribution is 2.24. The van der Waals surface area contributed by atoms with E-state index in [2.05, 4.69) is 0 Å². The number of hydrogen-bond donors (Lipinski definition) is 2. The van der Waals surface area contributed by atoms with Crippen LogP contribution in [0.4, 0.5) is 0 Å². The van der Waals surface area contributed by atoms with E-state index < -0.39 is 12.1 Å². The van der Waals surface area contributed by atoms with Crippen LogP contribution in [0.25, 0.3) is 0 Å². The van der Waals surface area contributed by atoms with E-state index in [9.17, 15) is 4.79 Å². The quantitative estimate of drug-likeness (QED) is 0.787. The zero-order valence-electron chi connectivity index (χ0n) is 9.85. The third-order valence-corrected chi connectivity index (χ3v) is 2.84. The lowest BCUT2D eigenvalue weighted by molar-refractivity contribution is -0.145. The van der Waals surface area contributed by atoms with Crippen molar-refractivity contribution in [3.05, 3.63) is 28.8 Å². The van der Waals surface area contributed by atoms with E-state index in [1.54, 1.807) is 12.1 Å². The maximum atomic E-state index is 11.0. The van der Waals surface area contributed by atoms with Crippen LogP contribution in [0.3, 0.4) is 0 Å². The summed E-state index contributed by atoms with van der Waals surface area (Å²) in [5.41, 5.74) is 6.02. The molecule has 1 unspecified atom stereocenters. The van der Waals surface area contributed by atoms with Gasteiger partial charge in [-0.1, -0.05) is 37.2 Å². The molecular formula is C12H14ClNO3S. The monoisotopic (exact) mass is 287 g/mol. The average Bonchev–Trinajstić information content (AvgIpc) is 2.27. The van der Waals surface area contributed by atoms with Gasteiger partial charge in [0.25, 0.3) is 0 Å². The van der Waals surface area contributed by atoms with Gasteiger partial charge in [0.1, 0.15) is 10.7 Å². The third kappa shape index (κ3) is 3.85. The summed E-state index contributed by atoms with van der Waals surface area (Å²) in [6.45, 7) is 1.89. The van der Waals surface area contributed by atoms with Crippen molar-refractivity contribution in [1.29, 1.82) is 0 Å². The Morgan fingerprint density at radius 3 is 2.72 bits per heavy atom. The van der Waals surface area contributed by atoms with Crippen LogP contribution >= 0.6 is 23.8 Å². The van der Waals surface area contributed by atoms with Gasteiger partial charge in [-0.05, 0) is 24.6 Å². The molecule has 0 aliphatic rings. The van der Waals surface area contributed by atoms with Gasteiger partial charge < -0.3 is 15.6 Å². The number of carboxylic acid groups (broad SMARTS) is 1. The Bertz CT molecular complexity index is 465. The molecule has 1 atom stereocenters. The van der Waals surface area contributed by atoms with Gasteiger partial charge in [0.15, 0.2) is 6.10 Å². The zero-order chi connectivity index (χ0) is 13.7. The van der Waals surface area contributed by atoms with Crippen LogP contribution in [0.1, 0.15) is 25.3 Å². The molecular weight excluding hydrogens is 274 g/mol. The minimum Gasteiger partial charge on any atom is -0.479 e. The van der Waals surface area contributed by atoms with Crippen molar-refractivity contribution in [2.45, 2.75) is 25.9 Å². The average molecular weight is 288 g/mol. The molecule has 4 nitrogen and oxygen atoms in total. The Hall–Kier alpha value is -1.33. The highest BCUT2D eigenvalue weighted by Gasteiger charge is 2.18. The van der Waals surface area contributed by atoms with Crippen molar-refractivity contribution >= 4 is 34.8 Å². The maximum absolute atomic E-state index is 11.0. The van der Waals surface area contributed by atoms with Gasteiger partial charge >= 0.3 is 5.97 Å². The number of benzene rings is 1. The van der Waals surface area contributed by atoms with Gasteiger partial charge in [-0.3, -0.25) is 0 Å². The minimum atomic E-state index is -0.994. The Morgan fingerprint density at radius 2 is 2.28 bits per heavy atom. The number of thiocarbonyl (C=S) groups is 1. The van der Waals surface area contributed by atoms with Crippen molar-refractivity contribution in [1.82, 2.24) is 0 Å². The summed E-state index contributed by atoms with van der Waals surface area (Å²) in [5.74, 6) is -0.604. The molecule has 0 aliphatic carbocycles. The topological polar surface area (TPSA) is 72.5 Å². The molecule has 0 aliphatic heterocycles. The summed E-state index contributed by atoms with van der Waals surface area (Å²) in [7, 11) is 0. The van der Waals surface area contributed by atoms with Crippen LogP contribution in [0, 0.1) is 0 Å². The van der Waals surface area contributed by atoms with Crippen molar-refractivity contribution < 1.29 is 14.6 Å². The summed E-state index contributed by atoms with van der Waals surface area (Å²) in [6, 6.07) is 4.73. The first kappa shape index (κ1) is 14.7. The van der Waals surface area contributed by atoms with Gasteiger partial charge in [0.2, 0.25) is 0 Å². The van der Waals surface area contributed by atoms with Crippen LogP contribution < -0.4 is 10.5 Å². The molecule has 1 aromatic rings. The van der Waals surface area contributed by atoms with E-state index in [4.69, 9.17) is 39.4 Å². The van der Waals surface area contributed by atoms with Crippen LogP contribution in [0.2, 0.25) is 5.02 Å². The number of nitrogens with two attached hydrogens (primary N) is 1. The lowest BCUT2D eigenvalue weighted by Gasteiger charge is -2.15. The van der Waals surface area contributed by atoms with Crippen molar-refractivity contribution in [3.8, 4) is 5.75 Å². The molecule has 1 aromatic carbocycles. The van der Waals surface area contributed by atoms with Crippen LogP contribution in [-0.2, 0) is 4.79 Å². The highest BCUT2D eigenvalue weighted by molar-refractivity contribution is 7.80. The second kappa shape index (κ2) is 6.56. The number of aliphatic carboxylic acids is 1. The third-order valence-electron chi connectivity index (χ3n) is 2.31. The largest absolute Gasteiger partial charge is 0.479 e. The zero-order valence-corrected chi connectivity index (χ0v) is 11.4. The summed E-state index contributed by atoms with van der Waals surface area (Å²) in [5, 5.41) is 9.33. The molecule has 0 radical (unpaired) electrons. The van der Waals surface area contributed by atoms with Crippen LogP contribution in [0.5, 0.6) is 5.75 Å². The van der Waals surface area contributed by atoms with Gasteiger partial charge in [-0.25, -0.2) is 4.79 Å². The normalized spacial score (nSPS) is 11.9. The lowest BCUT2D eigenvalue weighted by Crippen LogP contribution is -2.26. The SMILES string of the molecule is CCCC(Oc1ccc(C(N)=S)c(Cl)c1)C(=O)O. The second-order valence-corrected chi connectivity index (χ2v) is 4.59. The molecule has 98 valence electrons. The van der Waals surface area contributed by atoms with Crippen LogP contribution in [-0.4, -0.2) is 22.2 Å². The number of halogens is 1. The molecule has 0 fully saturated rings. The Morgan fingerprint density at radius 1 is 1.61 bits per heavy atom. The Kier molecular flexibility index (Phi) is 5.37. The number of rotatable bonds is 6. The van der Waals surface area contributed by atoms with E-state index in [-0.39, 0.29) is 4.99 Å². The molecule has 1 rings (SSSR count). The first-order chi connectivity index (χ1) is 8.45. The fourth-order valence-electron chi connectivity index (χ4n) is 1.43. The second-order valence-electron chi connectivity index (χ2n) is 3.74. The van der Waals surface area contributed by atoms with Gasteiger partial charge in [0, 0.05) is 5.56 Å². The molecule has 0 saturated heterocycles. The molecule has 0 amide bonds. The Labute approximate surface area is 116 Å². The summed E-state index contributed by atoms with van der Waals surface area (Å²) in [4.78, 5) is 11.1. The number of carbonyl (C=O) groups is 1. The Balaban J connectivity index is 2.88. The molecule has 0 bridgehead atoms. The molecule has 3 N–H and O–H groups in total. The van der Waals surface area contributed by atoms with Crippen LogP contribution in [0.15, 0.2) is 18.2 Å². The van der Waals surface area contributed by atoms with Crippen molar-refractivity contribution in [2.75, 3.05) is 0 Å². The summed E-state index contributed by atoms with van der Waals surface area (Å²) < 4.78 is 5.36. The van der Waals surface area contributed by atoms with E-state index >= 15 is 0 Å². The number of hydrogen-bond acceptors (Lipinski definition) is 3. The fraction of sp³-hybridized carbons (Fsp3) is 0.333. The van der Waals surface area contributed by atoms with E-state index in [0.29, 0.717) is 22.8 Å². The van der Waals surface area contributed by atoms with E-state index in [1.165, 1.54) is 6.07 Å². The predicted octanol–water partition coefficient (Wildman–Crippen LogP) is 2.61. The summed E-state index contributed by atoms with van der Waals surface area (Å²) >= 11 is 10.8. The summed E-state index contributed by atoms with van der Waals surface area (Å²) in [6.07, 6.45) is 0.279. The molecule has 0 saturated carbocycles. The predicted molar refractivity (Wildman–Crippen MR) is 74.3 cm³/mol. The minimum absolute atomic E-state index is 0.190. The molecule has 0 heterocycles. The maximum Gasteiger partial charge on any atom is 0.344 e. The molecule has 6 heteroatoms. The van der Waals surface area contributed by atoms with Crippen molar-refractivity contribution in [3.63, 3.8) is 0 Å². The molecule has 18 heavy (non-hydrogen) atoms. The molecule has 0 spiro atoms. The molecule has 0 aromatic heterocycles. The smallest absolute Gasteiger partial charge is 0.344 e. The van der Waals surface area contributed by atoms with Gasteiger partial charge in [0.05, 0.1) is 5.02 Å². The van der Waals surface area contributed by atoms with Crippen molar-refractivity contribution in [2.24, 2.45) is 5.73 Å². The van der Waals surface area contributed by atoms with E-state index in [0.717, 1.165) is 6.42 Å². The first-order valence-electron chi connectivity index (χ1n) is 5.44. The standard InChI is InChI=1S/C12H14ClNO3S/c1-2-3-10(12(15)16)17-7-4-5-8(11(14)18)9(13)6-7/h4-6,10H,2-3H2,1H3,(H2,14,18)(H,15,16). The van der Waals surface area contributed by atoms with Gasteiger partial charge in [-0.15, -0.1) is 0 Å². The highest BCUT2D eigenvalue weighted by atomic mass is 35.5. The number of ether oxygens (including phenoxy) is 1. The number of carboxylic acids is 1. The van der Waals surface area contributed by atoms with E-state index in [1.807, 2.05) is 6.92 Å². The van der Waals surface area contributed by atoms with Gasteiger partial charge in [-0.2, -0.15) is 0 Å². The lowest BCUT2D eigenvalue weighted by atomic mass is 10.2. The fourth-order valence-corrected chi connectivity index (χ4v) is 1.93.